The zero-order valence-electron chi connectivity index (χ0n) is 14.0. The molecule has 5 heteroatoms. The number of morpholine rings is 1. The van der Waals surface area contributed by atoms with Crippen molar-refractivity contribution in [2.45, 2.75) is 71.9 Å². The van der Waals surface area contributed by atoms with Crippen LogP contribution in [-0.2, 0) is 19.1 Å². The van der Waals surface area contributed by atoms with E-state index in [1.54, 1.807) is 13.8 Å². The van der Waals surface area contributed by atoms with Crippen LogP contribution in [0.4, 0.5) is 0 Å². The molecule has 0 aromatic rings. The van der Waals surface area contributed by atoms with Crippen molar-refractivity contribution in [3.8, 4) is 0 Å². The van der Waals surface area contributed by atoms with Gasteiger partial charge in [-0.3, -0.25) is 9.59 Å². The molecular weight excluding hydrogens is 270 g/mol. The van der Waals surface area contributed by atoms with Crippen molar-refractivity contribution in [3.05, 3.63) is 0 Å². The molecule has 0 amide bonds. The van der Waals surface area contributed by atoms with Gasteiger partial charge in [0.1, 0.15) is 18.9 Å². The molecule has 0 aromatic heterocycles. The van der Waals surface area contributed by atoms with Crippen LogP contribution in [0.2, 0.25) is 0 Å². The monoisotopic (exact) mass is 299 g/mol. The van der Waals surface area contributed by atoms with Crippen molar-refractivity contribution >= 4 is 11.9 Å². The Hall–Kier alpha value is -1.10. The van der Waals surface area contributed by atoms with E-state index in [1.165, 1.54) is 0 Å². The number of esters is 2. The third kappa shape index (κ3) is 4.43. The van der Waals surface area contributed by atoms with Gasteiger partial charge in [0.05, 0.1) is 5.92 Å². The van der Waals surface area contributed by atoms with Crippen molar-refractivity contribution in [2.24, 2.45) is 5.92 Å². The summed E-state index contributed by atoms with van der Waals surface area (Å²) in [5.74, 6) is -0.470. The van der Waals surface area contributed by atoms with Crippen LogP contribution in [0.25, 0.3) is 0 Å². The second-order valence-electron chi connectivity index (χ2n) is 6.32. The Bertz CT molecular complexity index is 367. The summed E-state index contributed by atoms with van der Waals surface area (Å²) >= 11 is 0. The smallest absolute Gasteiger partial charge is 0.326 e. The van der Waals surface area contributed by atoms with Crippen molar-refractivity contribution in [2.75, 3.05) is 13.3 Å². The van der Waals surface area contributed by atoms with Gasteiger partial charge in [-0.15, -0.1) is 0 Å². The molecule has 1 heterocycles. The second kappa shape index (κ2) is 7.78. The molecule has 122 valence electrons. The Labute approximate surface area is 128 Å². The number of hydrogen-bond donors (Lipinski definition) is 0. The number of hydrogen-bond acceptors (Lipinski definition) is 5. The first-order valence-corrected chi connectivity index (χ1v) is 7.95. The van der Waals surface area contributed by atoms with Gasteiger partial charge in [0.25, 0.3) is 0 Å². The van der Waals surface area contributed by atoms with E-state index < -0.39 is 5.54 Å². The fraction of sp³-hybridized carbons (Fsp3) is 0.875. The van der Waals surface area contributed by atoms with Gasteiger partial charge in [-0.05, 0) is 33.6 Å². The minimum Gasteiger partial charge on any atom is -0.463 e. The number of ether oxygens (including phenoxy) is 2. The fourth-order valence-corrected chi connectivity index (χ4v) is 2.61. The number of cyclic esters (lactones) is 1. The van der Waals surface area contributed by atoms with Gasteiger partial charge in [-0.1, -0.05) is 26.7 Å². The highest BCUT2D eigenvalue weighted by molar-refractivity contribution is 5.80. The number of rotatable bonds is 7. The number of unbranched alkanes of at least 4 members (excludes halogenated alkanes) is 1. The lowest BCUT2D eigenvalue weighted by Gasteiger charge is -2.43. The second-order valence-corrected chi connectivity index (χ2v) is 6.32. The van der Waals surface area contributed by atoms with Crippen molar-refractivity contribution < 1.29 is 19.1 Å². The summed E-state index contributed by atoms with van der Waals surface area (Å²) in [6.45, 7) is 10.2. The number of carbonyl (C=O) groups is 2. The van der Waals surface area contributed by atoms with Crippen LogP contribution in [0.15, 0.2) is 0 Å². The summed E-state index contributed by atoms with van der Waals surface area (Å²) < 4.78 is 10.6. The highest BCUT2D eigenvalue weighted by Gasteiger charge is 2.43. The maximum atomic E-state index is 12.2. The number of nitrogens with zero attached hydrogens (tertiary/aromatic N) is 1. The van der Waals surface area contributed by atoms with Crippen LogP contribution >= 0.6 is 0 Å². The minimum absolute atomic E-state index is 0.0416. The lowest BCUT2D eigenvalue weighted by atomic mass is 9.99. The fourth-order valence-electron chi connectivity index (χ4n) is 2.61. The molecule has 1 fully saturated rings. The molecule has 0 aromatic carbocycles. The summed E-state index contributed by atoms with van der Waals surface area (Å²) in [5.41, 5.74) is -0.761. The van der Waals surface area contributed by atoms with Crippen molar-refractivity contribution in [1.29, 1.82) is 0 Å². The van der Waals surface area contributed by atoms with E-state index in [-0.39, 0.29) is 30.6 Å². The molecule has 1 saturated heterocycles. The summed E-state index contributed by atoms with van der Waals surface area (Å²) in [7, 11) is 0. The summed E-state index contributed by atoms with van der Waals surface area (Å²) in [4.78, 5) is 25.9. The van der Waals surface area contributed by atoms with Gasteiger partial charge in [0.15, 0.2) is 0 Å². The van der Waals surface area contributed by atoms with Gasteiger partial charge in [0.2, 0.25) is 0 Å². The van der Waals surface area contributed by atoms with E-state index in [1.807, 2.05) is 18.7 Å². The topological polar surface area (TPSA) is 55.8 Å². The zero-order chi connectivity index (χ0) is 16.0. The largest absolute Gasteiger partial charge is 0.463 e. The standard InChI is InChI=1S/C16H29NO4/c1-6-8-9-13(7-2)14(18)21-11-17-12(3)10-20-15(19)16(17,4)5/h12-13H,6-11H2,1-5H3/t12-,13?/m0/s1. The highest BCUT2D eigenvalue weighted by Crippen LogP contribution is 2.25. The molecule has 0 radical (unpaired) electrons. The van der Waals surface area contributed by atoms with E-state index in [9.17, 15) is 9.59 Å². The molecular formula is C16H29NO4. The van der Waals surface area contributed by atoms with Gasteiger partial charge in [-0.2, -0.15) is 0 Å². The van der Waals surface area contributed by atoms with Crippen LogP contribution in [0.5, 0.6) is 0 Å². The van der Waals surface area contributed by atoms with Crippen LogP contribution in [0.3, 0.4) is 0 Å². The Balaban J connectivity index is 2.59. The van der Waals surface area contributed by atoms with Gasteiger partial charge >= 0.3 is 11.9 Å². The lowest BCUT2D eigenvalue weighted by molar-refractivity contribution is -0.185. The third-order valence-electron chi connectivity index (χ3n) is 4.28. The quantitative estimate of drug-likeness (QED) is 0.677. The summed E-state index contributed by atoms with van der Waals surface area (Å²) in [6.07, 6.45) is 3.77. The molecule has 1 rings (SSSR count). The normalized spacial score (nSPS) is 23.5. The summed E-state index contributed by atoms with van der Waals surface area (Å²) in [6, 6.07) is 0.0428. The average molecular weight is 299 g/mol. The molecule has 21 heavy (non-hydrogen) atoms. The predicted octanol–water partition coefficient (Wildman–Crippen LogP) is 2.73. The molecule has 0 saturated carbocycles. The summed E-state index contributed by atoms with van der Waals surface area (Å²) in [5, 5.41) is 0. The molecule has 1 unspecified atom stereocenters. The Morgan fingerprint density at radius 3 is 2.71 bits per heavy atom. The Morgan fingerprint density at radius 2 is 2.14 bits per heavy atom. The van der Waals surface area contributed by atoms with Crippen LogP contribution in [0.1, 0.15) is 60.3 Å². The maximum Gasteiger partial charge on any atom is 0.326 e. The van der Waals surface area contributed by atoms with E-state index in [0.29, 0.717) is 6.61 Å². The molecule has 0 aliphatic carbocycles. The Kier molecular flexibility index (Phi) is 6.65. The maximum absolute atomic E-state index is 12.2. The first-order chi connectivity index (χ1) is 9.84. The SMILES string of the molecule is CCCCC(CC)C(=O)OCN1[C@@H](C)COC(=O)C1(C)C. The number of carbonyl (C=O) groups excluding carboxylic acids is 2. The van der Waals surface area contributed by atoms with Crippen LogP contribution in [0, 0.1) is 5.92 Å². The molecule has 0 bridgehead atoms. The van der Waals surface area contributed by atoms with Gasteiger partial charge in [-0.25, -0.2) is 4.90 Å². The molecule has 0 spiro atoms. The van der Waals surface area contributed by atoms with E-state index >= 15 is 0 Å². The highest BCUT2D eigenvalue weighted by atomic mass is 16.6. The minimum atomic E-state index is -0.761. The van der Waals surface area contributed by atoms with E-state index in [2.05, 4.69) is 6.92 Å². The first-order valence-electron chi connectivity index (χ1n) is 7.95. The van der Waals surface area contributed by atoms with Gasteiger partial charge in [0, 0.05) is 6.04 Å². The molecule has 2 atom stereocenters. The predicted molar refractivity (Wildman–Crippen MR) is 80.6 cm³/mol. The average Bonchev–Trinajstić information content (AvgIpc) is 2.44. The van der Waals surface area contributed by atoms with Gasteiger partial charge < -0.3 is 9.47 Å². The molecule has 0 N–H and O–H groups in total. The Morgan fingerprint density at radius 1 is 1.48 bits per heavy atom. The van der Waals surface area contributed by atoms with Crippen molar-refractivity contribution in [1.82, 2.24) is 4.90 Å². The lowest BCUT2D eigenvalue weighted by Crippen LogP contribution is -2.61. The first kappa shape index (κ1) is 18.0. The van der Waals surface area contributed by atoms with Crippen LogP contribution in [-0.4, -0.2) is 41.8 Å². The van der Waals surface area contributed by atoms with Crippen LogP contribution < -0.4 is 0 Å². The zero-order valence-corrected chi connectivity index (χ0v) is 14.0. The van der Waals surface area contributed by atoms with E-state index in [0.717, 1.165) is 25.7 Å². The molecule has 1 aliphatic rings. The third-order valence-corrected chi connectivity index (χ3v) is 4.28. The van der Waals surface area contributed by atoms with Crippen molar-refractivity contribution in [3.63, 3.8) is 0 Å². The van der Waals surface area contributed by atoms with E-state index in [4.69, 9.17) is 9.47 Å². The molecule has 5 nitrogen and oxygen atoms in total. The molecule has 1 aliphatic heterocycles.